The van der Waals surface area contributed by atoms with Crippen LogP contribution in [0.2, 0.25) is 0 Å². The molecule has 6 heteroatoms. The number of anilines is 2. The minimum Gasteiger partial charge on any atom is -0.321 e. The van der Waals surface area contributed by atoms with Crippen LogP contribution >= 0.6 is 0 Å². The highest BCUT2D eigenvalue weighted by atomic mass is 32.2. The topological polar surface area (TPSA) is 75.3 Å². The molecule has 3 aromatic carbocycles. The summed E-state index contributed by atoms with van der Waals surface area (Å²) in [6.45, 7) is 3.71. The number of hydrogen-bond acceptors (Lipinski definition) is 3. The van der Waals surface area contributed by atoms with Gasteiger partial charge in [-0.1, -0.05) is 35.9 Å². The highest BCUT2D eigenvalue weighted by Crippen LogP contribution is 2.36. The van der Waals surface area contributed by atoms with E-state index in [9.17, 15) is 13.2 Å². The number of nitrogens with one attached hydrogen (secondary N) is 2. The van der Waals surface area contributed by atoms with Crippen LogP contribution in [0.15, 0.2) is 71.1 Å². The van der Waals surface area contributed by atoms with Gasteiger partial charge in [-0.25, -0.2) is 8.42 Å². The summed E-state index contributed by atoms with van der Waals surface area (Å²) in [6.07, 6.45) is 0. The SMILES string of the molecule is CC(C)=C1C(=O)Nc2ccc(NS(=O)(=O)c3ccc4ccccc4c3)cc21. The number of allylic oxidation sites excluding steroid dienone is 1. The predicted octanol–water partition coefficient (Wildman–Crippen LogP) is 4.39. The average molecular weight is 378 g/mol. The lowest BCUT2D eigenvalue weighted by atomic mass is 10.0. The number of sulfonamides is 1. The summed E-state index contributed by atoms with van der Waals surface area (Å²) in [5.41, 5.74) is 3.26. The maximum absolute atomic E-state index is 12.8. The number of benzene rings is 3. The molecule has 0 saturated carbocycles. The number of carbonyl (C=O) groups is 1. The van der Waals surface area contributed by atoms with Crippen LogP contribution in [0.3, 0.4) is 0 Å². The molecule has 2 N–H and O–H groups in total. The summed E-state index contributed by atoms with van der Waals surface area (Å²) in [5.74, 6) is -0.167. The maximum atomic E-state index is 12.8. The number of hydrogen-bond donors (Lipinski definition) is 2. The van der Waals surface area contributed by atoms with E-state index in [4.69, 9.17) is 0 Å². The lowest BCUT2D eigenvalue weighted by Gasteiger charge is -2.10. The molecule has 0 aliphatic carbocycles. The molecular formula is C21H18N2O3S. The van der Waals surface area contributed by atoms with Crippen molar-refractivity contribution in [3.05, 3.63) is 71.8 Å². The van der Waals surface area contributed by atoms with Gasteiger partial charge in [-0.3, -0.25) is 9.52 Å². The van der Waals surface area contributed by atoms with Crippen LogP contribution in [-0.2, 0) is 14.8 Å². The van der Waals surface area contributed by atoms with Gasteiger partial charge in [-0.15, -0.1) is 0 Å². The number of fused-ring (bicyclic) bond motifs is 2. The average Bonchev–Trinajstić information content (AvgIpc) is 2.96. The van der Waals surface area contributed by atoms with E-state index in [-0.39, 0.29) is 10.8 Å². The van der Waals surface area contributed by atoms with Crippen molar-refractivity contribution in [2.75, 3.05) is 10.0 Å². The van der Waals surface area contributed by atoms with E-state index in [2.05, 4.69) is 10.0 Å². The molecule has 0 bridgehead atoms. The molecule has 0 atom stereocenters. The second-order valence-corrected chi connectivity index (χ2v) is 8.39. The van der Waals surface area contributed by atoms with E-state index in [1.807, 2.05) is 38.1 Å². The van der Waals surface area contributed by atoms with Crippen molar-refractivity contribution < 1.29 is 13.2 Å². The van der Waals surface area contributed by atoms with Gasteiger partial charge in [0, 0.05) is 22.5 Å². The Labute approximate surface area is 157 Å². The minimum absolute atomic E-state index is 0.167. The Bertz CT molecular complexity index is 1220. The van der Waals surface area contributed by atoms with E-state index < -0.39 is 10.0 Å². The van der Waals surface area contributed by atoms with Crippen molar-refractivity contribution in [1.82, 2.24) is 0 Å². The minimum atomic E-state index is -3.74. The largest absolute Gasteiger partial charge is 0.321 e. The number of amides is 1. The first-order valence-electron chi connectivity index (χ1n) is 8.50. The monoisotopic (exact) mass is 378 g/mol. The third-order valence-electron chi connectivity index (χ3n) is 4.55. The quantitative estimate of drug-likeness (QED) is 0.664. The van der Waals surface area contributed by atoms with Gasteiger partial charge in [0.25, 0.3) is 15.9 Å². The summed E-state index contributed by atoms with van der Waals surface area (Å²) < 4.78 is 28.3. The second-order valence-electron chi connectivity index (χ2n) is 6.70. The van der Waals surface area contributed by atoms with Gasteiger partial charge in [0.2, 0.25) is 0 Å². The molecule has 0 radical (unpaired) electrons. The normalized spacial score (nSPS) is 13.4. The molecule has 1 aliphatic heterocycles. The van der Waals surface area contributed by atoms with Crippen LogP contribution < -0.4 is 10.0 Å². The van der Waals surface area contributed by atoms with Crippen LogP contribution in [0.1, 0.15) is 19.4 Å². The Balaban J connectivity index is 1.71. The predicted molar refractivity (Wildman–Crippen MR) is 108 cm³/mol. The molecule has 1 heterocycles. The summed E-state index contributed by atoms with van der Waals surface area (Å²) in [7, 11) is -3.74. The molecule has 3 aromatic rings. The first-order chi connectivity index (χ1) is 12.8. The first kappa shape index (κ1) is 17.3. The fraction of sp³-hybridized carbons (Fsp3) is 0.0952. The summed E-state index contributed by atoms with van der Waals surface area (Å²) in [5, 5.41) is 4.63. The maximum Gasteiger partial charge on any atom is 0.261 e. The first-order valence-corrected chi connectivity index (χ1v) is 9.98. The zero-order valence-corrected chi connectivity index (χ0v) is 15.7. The molecule has 0 fully saturated rings. The van der Waals surface area contributed by atoms with Crippen molar-refractivity contribution >= 4 is 43.7 Å². The van der Waals surface area contributed by atoms with E-state index in [1.54, 1.807) is 36.4 Å². The summed E-state index contributed by atoms with van der Waals surface area (Å²) in [4.78, 5) is 12.3. The van der Waals surface area contributed by atoms with Crippen LogP contribution in [0, 0.1) is 0 Å². The van der Waals surface area contributed by atoms with Gasteiger partial charge in [-0.05, 0) is 55.0 Å². The molecule has 4 rings (SSSR count). The van der Waals surface area contributed by atoms with Gasteiger partial charge < -0.3 is 5.32 Å². The Morgan fingerprint density at radius 2 is 1.67 bits per heavy atom. The molecule has 0 aromatic heterocycles. The molecule has 0 spiro atoms. The van der Waals surface area contributed by atoms with Crippen molar-refractivity contribution in [2.45, 2.75) is 18.7 Å². The molecule has 1 amide bonds. The molecule has 1 aliphatic rings. The fourth-order valence-electron chi connectivity index (χ4n) is 3.28. The van der Waals surface area contributed by atoms with Gasteiger partial charge in [-0.2, -0.15) is 0 Å². The fourth-order valence-corrected chi connectivity index (χ4v) is 4.36. The lowest BCUT2D eigenvalue weighted by molar-refractivity contribution is -0.110. The van der Waals surface area contributed by atoms with Gasteiger partial charge in [0.15, 0.2) is 0 Å². The van der Waals surface area contributed by atoms with Gasteiger partial charge in [0.05, 0.1) is 4.90 Å². The number of carbonyl (C=O) groups excluding carboxylic acids is 1. The molecular weight excluding hydrogens is 360 g/mol. The van der Waals surface area contributed by atoms with Gasteiger partial charge >= 0.3 is 0 Å². The lowest BCUT2D eigenvalue weighted by Crippen LogP contribution is -2.13. The van der Waals surface area contributed by atoms with E-state index in [0.717, 1.165) is 16.3 Å². The molecule has 0 unspecified atom stereocenters. The summed E-state index contributed by atoms with van der Waals surface area (Å²) in [6, 6.07) is 17.7. The molecule has 0 saturated heterocycles. The smallest absolute Gasteiger partial charge is 0.261 e. The zero-order valence-electron chi connectivity index (χ0n) is 14.9. The van der Waals surface area contributed by atoms with Crippen LogP contribution in [0.25, 0.3) is 16.3 Å². The Morgan fingerprint density at radius 3 is 2.41 bits per heavy atom. The Morgan fingerprint density at radius 1 is 0.926 bits per heavy atom. The van der Waals surface area contributed by atoms with Crippen molar-refractivity contribution in [2.24, 2.45) is 0 Å². The second kappa shape index (κ2) is 6.25. The molecule has 5 nitrogen and oxygen atoms in total. The van der Waals surface area contributed by atoms with Crippen molar-refractivity contribution in [1.29, 1.82) is 0 Å². The number of rotatable bonds is 3. The van der Waals surface area contributed by atoms with Crippen LogP contribution in [0.5, 0.6) is 0 Å². The zero-order chi connectivity index (χ0) is 19.2. The standard InChI is InChI=1S/C21H18N2O3S/c1-13(2)20-18-12-16(8-10-19(18)22-21(20)24)23-27(25,26)17-9-7-14-5-3-4-6-15(14)11-17/h3-12,23H,1-2H3,(H,22,24). The molecule has 136 valence electrons. The third kappa shape index (κ3) is 3.08. The highest BCUT2D eigenvalue weighted by molar-refractivity contribution is 7.92. The van der Waals surface area contributed by atoms with Crippen molar-refractivity contribution in [3.8, 4) is 0 Å². The van der Waals surface area contributed by atoms with E-state index >= 15 is 0 Å². The summed E-state index contributed by atoms with van der Waals surface area (Å²) >= 11 is 0. The highest BCUT2D eigenvalue weighted by Gasteiger charge is 2.26. The van der Waals surface area contributed by atoms with Crippen LogP contribution in [0.4, 0.5) is 11.4 Å². The molecule has 27 heavy (non-hydrogen) atoms. The Kier molecular flexibility index (Phi) is 4.00. The van der Waals surface area contributed by atoms with E-state index in [1.165, 1.54) is 0 Å². The van der Waals surface area contributed by atoms with Crippen molar-refractivity contribution in [3.63, 3.8) is 0 Å². The van der Waals surface area contributed by atoms with E-state index in [0.29, 0.717) is 22.5 Å². The Hall–Kier alpha value is -3.12. The van der Waals surface area contributed by atoms with Crippen LogP contribution in [-0.4, -0.2) is 14.3 Å². The van der Waals surface area contributed by atoms with Gasteiger partial charge in [0.1, 0.15) is 0 Å². The third-order valence-corrected chi connectivity index (χ3v) is 5.93.